The summed E-state index contributed by atoms with van der Waals surface area (Å²) in [6, 6.07) is 11.5. The number of aromatic nitrogens is 1. The molecule has 182 valence electrons. The van der Waals surface area contributed by atoms with E-state index >= 15 is 0 Å². The van der Waals surface area contributed by atoms with E-state index in [0.717, 1.165) is 28.1 Å². The summed E-state index contributed by atoms with van der Waals surface area (Å²) in [6.07, 6.45) is 0.367. The largest absolute Gasteiger partial charge is 0.483 e. The topological polar surface area (TPSA) is 87.5 Å². The summed E-state index contributed by atoms with van der Waals surface area (Å²) in [5, 5.41) is 11.3. The number of hydrogen-bond acceptors (Lipinski definition) is 7. The van der Waals surface area contributed by atoms with E-state index in [1.165, 1.54) is 11.0 Å². The van der Waals surface area contributed by atoms with Crippen LogP contribution in [0.3, 0.4) is 0 Å². The van der Waals surface area contributed by atoms with Gasteiger partial charge < -0.3 is 25.1 Å². The Labute approximate surface area is 204 Å². The second kappa shape index (κ2) is 10.9. The van der Waals surface area contributed by atoms with Crippen LogP contribution in [0.1, 0.15) is 40.2 Å². The minimum absolute atomic E-state index is 0.0594. The number of ether oxygens (including phenoxy) is 2. The maximum absolute atomic E-state index is 14.3. The number of anilines is 1. The van der Waals surface area contributed by atoms with Crippen molar-refractivity contribution < 1.29 is 18.7 Å². The summed E-state index contributed by atoms with van der Waals surface area (Å²) in [5.41, 5.74) is 1.77. The van der Waals surface area contributed by atoms with Crippen LogP contribution in [0.2, 0.25) is 0 Å². The molecule has 0 spiro atoms. The third-order valence-corrected chi connectivity index (χ3v) is 6.22. The van der Waals surface area contributed by atoms with Gasteiger partial charge in [0.25, 0.3) is 0 Å². The average molecular weight is 487 g/mol. The van der Waals surface area contributed by atoms with Gasteiger partial charge in [-0.1, -0.05) is 30.3 Å². The maximum Gasteiger partial charge on any atom is 0.410 e. The van der Waals surface area contributed by atoms with Gasteiger partial charge in [0.05, 0.1) is 19.3 Å². The van der Waals surface area contributed by atoms with Crippen molar-refractivity contribution in [1.82, 2.24) is 9.88 Å². The van der Waals surface area contributed by atoms with Crippen molar-refractivity contribution in [2.75, 3.05) is 18.4 Å². The lowest BCUT2D eigenvalue weighted by Gasteiger charge is -2.39. The van der Waals surface area contributed by atoms with Crippen LogP contribution >= 0.6 is 11.8 Å². The molecule has 0 saturated carbocycles. The zero-order chi connectivity index (χ0) is 24.9. The fourth-order valence-electron chi connectivity index (χ4n) is 3.22. The molecule has 2 heterocycles. The van der Waals surface area contributed by atoms with Crippen LogP contribution in [0, 0.1) is 11.2 Å². The number of carbonyl (C=O) groups is 1. The van der Waals surface area contributed by atoms with Gasteiger partial charge in [0.1, 0.15) is 17.5 Å². The average Bonchev–Trinajstić information content (AvgIpc) is 2.71. The summed E-state index contributed by atoms with van der Waals surface area (Å²) in [6.45, 7) is 9.67. The Balaban J connectivity index is 1.62. The van der Waals surface area contributed by atoms with Crippen molar-refractivity contribution in [2.24, 2.45) is 0 Å². The van der Waals surface area contributed by atoms with E-state index in [0.29, 0.717) is 24.6 Å². The number of carbonyl (C=O) groups excluding carboxylic acids is 1. The summed E-state index contributed by atoms with van der Waals surface area (Å²) < 4.78 is 25.4. The Morgan fingerprint density at radius 1 is 1.26 bits per heavy atom. The number of halogens is 1. The number of rotatable bonds is 8. The molecule has 0 atom stereocenters. The van der Waals surface area contributed by atoms with Crippen LogP contribution < -0.4 is 10.1 Å². The molecular weight excluding hydrogens is 455 g/mol. The lowest BCUT2D eigenvalue weighted by atomic mass is 10.1. The van der Waals surface area contributed by atoms with Crippen LogP contribution in [-0.4, -0.2) is 46.5 Å². The molecule has 1 fully saturated rings. The minimum Gasteiger partial charge on any atom is -0.483 e. The summed E-state index contributed by atoms with van der Waals surface area (Å²) in [7, 11) is 0. The van der Waals surface area contributed by atoms with E-state index in [4.69, 9.17) is 14.9 Å². The molecule has 1 saturated heterocycles. The number of thioether (sulfide) groups is 1. The van der Waals surface area contributed by atoms with Gasteiger partial charge in [0.15, 0.2) is 11.6 Å². The molecule has 0 aliphatic carbocycles. The van der Waals surface area contributed by atoms with E-state index in [9.17, 15) is 9.18 Å². The van der Waals surface area contributed by atoms with Gasteiger partial charge in [-0.3, -0.25) is 0 Å². The Morgan fingerprint density at radius 3 is 2.56 bits per heavy atom. The smallest absolute Gasteiger partial charge is 0.410 e. The Hall–Kier alpha value is -3.07. The van der Waals surface area contributed by atoms with Crippen molar-refractivity contribution in [2.45, 2.75) is 52.1 Å². The number of allylic oxidation sites excluding steroid dienone is 2. The highest BCUT2D eigenvalue weighted by Gasteiger charge is 2.35. The van der Waals surface area contributed by atoms with Crippen molar-refractivity contribution >= 4 is 29.4 Å². The third kappa shape index (κ3) is 7.21. The van der Waals surface area contributed by atoms with Gasteiger partial charge >= 0.3 is 6.09 Å². The van der Waals surface area contributed by atoms with Gasteiger partial charge in [-0.25, -0.2) is 14.2 Å². The van der Waals surface area contributed by atoms with E-state index in [1.807, 2.05) is 58.0 Å². The SMILES string of the molecule is CC(=N)/C(SCc1ccccc1)=C(/C)Nc1cc(OC2CN(C(=O)OC(C)(C)C)C2)c(F)cn1. The molecule has 0 radical (unpaired) electrons. The fraction of sp³-hybridized carbons (Fsp3) is 0.400. The minimum atomic E-state index is -0.579. The number of likely N-dealkylation sites (tertiary alicyclic amines) is 1. The van der Waals surface area contributed by atoms with E-state index in [-0.39, 0.29) is 11.9 Å². The highest BCUT2D eigenvalue weighted by molar-refractivity contribution is 8.03. The summed E-state index contributed by atoms with van der Waals surface area (Å²) >= 11 is 1.56. The Bertz CT molecular complexity index is 1060. The highest BCUT2D eigenvalue weighted by atomic mass is 32.2. The zero-order valence-corrected chi connectivity index (χ0v) is 21.0. The quantitative estimate of drug-likeness (QED) is 0.456. The molecule has 1 aliphatic rings. The second-order valence-corrected chi connectivity index (χ2v) is 10.1. The van der Waals surface area contributed by atoms with E-state index in [1.54, 1.807) is 18.7 Å². The van der Waals surface area contributed by atoms with Gasteiger partial charge in [-0.2, -0.15) is 0 Å². The number of pyridine rings is 1. The predicted molar refractivity (Wildman–Crippen MR) is 134 cm³/mol. The van der Waals surface area contributed by atoms with Crippen molar-refractivity contribution in [3.8, 4) is 5.75 Å². The molecule has 1 amide bonds. The van der Waals surface area contributed by atoms with E-state index in [2.05, 4.69) is 10.3 Å². The Kier molecular flexibility index (Phi) is 8.19. The standard InChI is InChI=1S/C25H31FN4O3S/c1-16(27)23(34-15-18-9-7-6-8-10-18)17(2)29-22-11-21(20(26)12-28-22)32-19-13-30(14-19)24(31)33-25(3,4)5/h6-12,19,27H,13-15H2,1-5H3,(H,28,29)/b23-17+,27-16?. The van der Waals surface area contributed by atoms with Crippen LogP contribution in [0.5, 0.6) is 5.75 Å². The molecule has 1 aliphatic heterocycles. The molecule has 0 bridgehead atoms. The van der Waals surface area contributed by atoms with Crippen LogP contribution in [-0.2, 0) is 10.5 Å². The van der Waals surface area contributed by atoms with Gasteiger partial charge in [0.2, 0.25) is 0 Å². The zero-order valence-electron chi connectivity index (χ0n) is 20.1. The first-order valence-corrected chi connectivity index (χ1v) is 12.0. The molecule has 34 heavy (non-hydrogen) atoms. The van der Waals surface area contributed by atoms with Crippen LogP contribution in [0.4, 0.5) is 15.0 Å². The molecule has 1 aromatic heterocycles. The van der Waals surface area contributed by atoms with Crippen LogP contribution in [0.25, 0.3) is 0 Å². The first kappa shape index (κ1) is 25.6. The first-order valence-electron chi connectivity index (χ1n) is 11.0. The van der Waals surface area contributed by atoms with E-state index < -0.39 is 17.5 Å². The Morgan fingerprint density at radius 2 is 1.94 bits per heavy atom. The van der Waals surface area contributed by atoms with Crippen molar-refractivity contribution in [1.29, 1.82) is 5.41 Å². The number of amides is 1. The molecule has 7 nitrogen and oxygen atoms in total. The monoisotopic (exact) mass is 486 g/mol. The molecule has 0 unspecified atom stereocenters. The molecule has 9 heteroatoms. The molecule has 3 rings (SSSR count). The summed E-state index contributed by atoms with van der Waals surface area (Å²) in [4.78, 5) is 18.5. The first-order chi connectivity index (χ1) is 16.0. The molecular formula is C25H31FN4O3S. The predicted octanol–water partition coefficient (Wildman–Crippen LogP) is 5.84. The van der Waals surface area contributed by atoms with Gasteiger partial charge in [-0.05, 0) is 40.2 Å². The lowest BCUT2D eigenvalue weighted by molar-refractivity contribution is -0.0229. The molecule has 2 aromatic rings. The maximum atomic E-state index is 14.3. The molecule has 2 N–H and O–H groups in total. The fourth-order valence-corrected chi connectivity index (χ4v) is 4.21. The van der Waals surface area contributed by atoms with Crippen molar-refractivity contribution in [3.63, 3.8) is 0 Å². The number of hydrogen-bond donors (Lipinski definition) is 2. The third-order valence-electron chi connectivity index (χ3n) is 4.84. The number of benzene rings is 1. The number of nitrogens with zero attached hydrogens (tertiary/aromatic N) is 2. The lowest BCUT2D eigenvalue weighted by Crippen LogP contribution is -2.57. The highest BCUT2D eigenvalue weighted by Crippen LogP contribution is 2.28. The normalized spacial score (nSPS) is 14.7. The number of nitrogens with one attached hydrogen (secondary N) is 2. The van der Waals surface area contributed by atoms with Crippen LogP contribution in [0.15, 0.2) is 53.2 Å². The van der Waals surface area contributed by atoms with Crippen molar-refractivity contribution in [3.05, 3.63) is 64.6 Å². The van der Waals surface area contributed by atoms with Gasteiger partial charge in [-0.15, -0.1) is 11.8 Å². The van der Waals surface area contributed by atoms with Gasteiger partial charge in [0, 0.05) is 28.1 Å². The molecule has 1 aromatic carbocycles. The summed E-state index contributed by atoms with van der Waals surface area (Å²) in [5.74, 6) is 0.622. The second-order valence-electron chi connectivity index (χ2n) is 9.10.